The third-order valence-electron chi connectivity index (χ3n) is 6.07. The van der Waals surface area contributed by atoms with Crippen LogP contribution in [0.25, 0.3) is 0 Å². The van der Waals surface area contributed by atoms with Crippen LogP contribution in [0.2, 0.25) is 0 Å². The van der Waals surface area contributed by atoms with Crippen molar-refractivity contribution < 1.29 is 4.79 Å². The Morgan fingerprint density at radius 1 is 1.24 bits per heavy atom. The fourth-order valence-electron chi connectivity index (χ4n) is 4.39. The number of hydrogen-bond acceptors (Lipinski definition) is 3. The first-order valence-electron chi connectivity index (χ1n) is 9.89. The highest BCUT2D eigenvalue weighted by atomic mass is 16.2. The van der Waals surface area contributed by atoms with Crippen molar-refractivity contribution in [2.45, 2.75) is 44.6 Å². The predicted molar refractivity (Wildman–Crippen MR) is 103 cm³/mol. The number of hydrogen-bond donors (Lipinski definition) is 1. The van der Waals surface area contributed by atoms with Crippen molar-refractivity contribution in [3.63, 3.8) is 0 Å². The molecule has 0 spiro atoms. The zero-order valence-electron chi connectivity index (χ0n) is 15.8. The summed E-state index contributed by atoms with van der Waals surface area (Å²) >= 11 is 0. The maximum absolute atomic E-state index is 12.8. The maximum atomic E-state index is 12.8. The van der Waals surface area contributed by atoms with Gasteiger partial charge in [0.2, 0.25) is 5.91 Å². The summed E-state index contributed by atoms with van der Waals surface area (Å²) in [5.41, 5.74) is 2.78. The monoisotopic (exact) mass is 343 g/mol. The number of likely N-dealkylation sites (tertiary alicyclic amines) is 1. The first-order valence-corrected chi connectivity index (χ1v) is 9.89. The van der Waals surface area contributed by atoms with E-state index in [-0.39, 0.29) is 11.9 Å². The molecule has 1 saturated heterocycles. The Hall–Kier alpha value is -1.39. The van der Waals surface area contributed by atoms with Crippen LogP contribution >= 0.6 is 0 Å². The van der Waals surface area contributed by atoms with Gasteiger partial charge in [-0.25, -0.2) is 0 Å². The quantitative estimate of drug-likeness (QED) is 0.863. The van der Waals surface area contributed by atoms with Crippen LogP contribution in [0.15, 0.2) is 24.3 Å². The van der Waals surface area contributed by atoms with Crippen molar-refractivity contribution in [3.05, 3.63) is 35.4 Å². The van der Waals surface area contributed by atoms with Crippen LogP contribution in [0.4, 0.5) is 0 Å². The average Bonchev–Trinajstić information content (AvgIpc) is 2.66. The van der Waals surface area contributed by atoms with E-state index >= 15 is 0 Å². The van der Waals surface area contributed by atoms with Crippen molar-refractivity contribution in [2.75, 3.05) is 40.3 Å². The second kappa shape index (κ2) is 8.81. The van der Waals surface area contributed by atoms with Crippen molar-refractivity contribution in [1.82, 2.24) is 15.1 Å². The maximum Gasteiger partial charge on any atom is 0.237 e. The Morgan fingerprint density at radius 2 is 2.00 bits per heavy atom. The van der Waals surface area contributed by atoms with Gasteiger partial charge in [-0.05, 0) is 82.3 Å². The van der Waals surface area contributed by atoms with Gasteiger partial charge in [-0.3, -0.25) is 9.69 Å². The molecule has 0 radical (unpaired) electrons. The van der Waals surface area contributed by atoms with Gasteiger partial charge in [0.25, 0.3) is 0 Å². The van der Waals surface area contributed by atoms with E-state index in [1.165, 1.54) is 36.8 Å². The molecule has 25 heavy (non-hydrogen) atoms. The molecule has 0 saturated carbocycles. The van der Waals surface area contributed by atoms with Crippen LogP contribution in [-0.4, -0.2) is 56.0 Å². The molecule has 1 aliphatic heterocycles. The Labute approximate surface area is 152 Å². The summed E-state index contributed by atoms with van der Waals surface area (Å²) < 4.78 is 0. The van der Waals surface area contributed by atoms with Crippen LogP contribution < -0.4 is 5.32 Å². The van der Waals surface area contributed by atoms with E-state index in [0.717, 1.165) is 38.4 Å². The third kappa shape index (κ3) is 4.62. The zero-order valence-corrected chi connectivity index (χ0v) is 15.8. The number of piperidine rings is 1. The van der Waals surface area contributed by atoms with E-state index in [0.29, 0.717) is 6.54 Å². The first-order chi connectivity index (χ1) is 12.2. The molecule has 0 bridgehead atoms. The molecule has 4 nitrogen and oxygen atoms in total. The number of nitrogens with zero attached hydrogens (tertiary/aromatic N) is 2. The fraction of sp³-hybridized carbons (Fsp3) is 0.667. The lowest BCUT2D eigenvalue weighted by atomic mass is 9.87. The van der Waals surface area contributed by atoms with Crippen molar-refractivity contribution in [3.8, 4) is 0 Å². The normalized spacial score (nSPS) is 21.8. The van der Waals surface area contributed by atoms with Crippen molar-refractivity contribution in [1.29, 1.82) is 0 Å². The molecule has 1 heterocycles. The Balaban J connectivity index is 1.52. The van der Waals surface area contributed by atoms with Gasteiger partial charge in [-0.15, -0.1) is 0 Å². The van der Waals surface area contributed by atoms with Gasteiger partial charge >= 0.3 is 0 Å². The summed E-state index contributed by atoms with van der Waals surface area (Å²) in [4.78, 5) is 17.2. The molecule has 2 aliphatic rings. The second-order valence-electron chi connectivity index (χ2n) is 7.72. The number of nitrogens with one attached hydrogen (secondary N) is 1. The zero-order chi connectivity index (χ0) is 17.6. The van der Waals surface area contributed by atoms with E-state index in [1.54, 1.807) is 0 Å². The molecule has 1 atom stereocenters. The average molecular weight is 344 g/mol. The molecular weight excluding hydrogens is 310 g/mol. The van der Waals surface area contributed by atoms with Gasteiger partial charge in [0.1, 0.15) is 0 Å². The smallest absolute Gasteiger partial charge is 0.237 e. The van der Waals surface area contributed by atoms with Gasteiger partial charge in [0.05, 0.1) is 12.6 Å². The van der Waals surface area contributed by atoms with Crippen LogP contribution in [0.3, 0.4) is 0 Å². The van der Waals surface area contributed by atoms with Gasteiger partial charge in [0, 0.05) is 7.05 Å². The SMILES string of the molecule is CNCCC1CCN(CC(=O)N(C)C2CCCc3ccccc32)CC1. The van der Waals surface area contributed by atoms with E-state index in [4.69, 9.17) is 0 Å². The number of amides is 1. The summed E-state index contributed by atoms with van der Waals surface area (Å²) in [6.07, 6.45) is 7.13. The number of fused-ring (bicyclic) bond motifs is 1. The minimum Gasteiger partial charge on any atom is -0.338 e. The number of carbonyl (C=O) groups excluding carboxylic acids is 1. The van der Waals surface area contributed by atoms with Crippen LogP contribution in [-0.2, 0) is 11.2 Å². The minimum atomic E-state index is 0.255. The molecule has 1 unspecified atom stereocenters. The number of benzene rings is 1. The van der Waals surface area contributed by atoms with Crippen LogP contribution in [0.5, 0.6) is 0 Å². The Kier molecular flexibility index (Phi) is 6.49. The van der Waals surface area contributed by atoms with Gasteiger partial charge < -0.3 is 10.2 Å². The largest absolute Gasteiger partial charge is 0.338 e. The molecule has 1 N–H and O–H groups in total. The highest BCUT2D eigenvalue weighted by molar-refractivity contribution is 5.78. The molecule has 0 aromatic heterocycles. The molecule has 1 aliphatic carbocycles. The first kappa shape index (κ1) is 18.4. The van der Waals surface area contributed by atoms with Crippen molar-refractivity contribution in [2.24, 2.45) is 5.92 Å². The van der Waals surface area contributed by atoms with E-state index in [2.05, 4.69) is 34.5 Å². The minimum absolute atomic E-state index is 0.255. The second-order valence-corrected chi connectivity index (χ2v) is 7.72. The summed E-state index contributed by atoms with van der Waals surface area (Å²) in [6.45, 7) is 3.81. The number of carbonyl (C=O) groups is 1. The summed E-state index contributed by atoms with van der Waals surface area (Å²) in [7, 11) is 4.02. The molecule has 3 rings (SSSR count). The van der Waals surface area contributed by atoms with E-state index in [9.17, 15) is 4.79 Å². The lowest BCUT2D eigenvalue weighted by Crippen LogP contribution is -2.44. The van der Waals surface area contributed by atoms with Crippen molar-refractivity contribution >= 4 is 5.91 Å². The van der Waals surface area contributed by atoms with Gasteiger partial charge in [-0.2, -0.15) is 0 Å². The summed E-state index contributed by atoms with van der Waals surface area (Å²) in [5.74, 6) is 1.09. The third-order valence-corrected chi connectivity index (χ3v) is 6.07. The Morgan fingerprint density at radius 3 is 2.76 bits per heavy atom. The standard InChI is InChI=1S/C21H33N3O/c1-22-13-10-17-11-14-24(15-12-17)16-21(25)23(2)20-9-5-7-18-6-3-4-8-19(18)20/h3-4,6,8,17,20,22H,5,7,9-16H2,1-2H3. The van der Waals surface area contributed by atoms with Gasteiger partial charge in [-0.1, -0.05) is 24.3 Å². The molecular formula is C21H33N3O. The molecule has 4 heteroatoms. The highest BCUT2D eigenvalue weighted by Crippen LogP contribution is 2.33. The van der Waals surface area contributed by atoms with E-state index in [1.807, 2.05) is 19.0 Å². The lowest BCUT2D eigenvalue weighted by molar-refractivity contribution is -0.134. The van der Waals surface area contributed by atoms with Crippen LogP contribution in [0, 0.1) is 5.92 Å². The van der Waals surface area contributed by atoms with E-state index < -0.39 is 0 Å². The number of rotatable bonds is 6. The topological polar surface area (TPSA) is 35.6 Å². The van der Waals surface area contributed by atoms with Gasteiger partial charge in [0.15, 0.2) is 0 Å². The molecule has 1 fully saturated rings. The highest BCUT2D eigenvalue weighted by Gasteiger charge is 2.28. The summed E-state index contributed by atoms with van der Waals surface area (Å²) in [5, 5.41) is 3.24. The lowest BCUT2D eigenvalue weighted by Gasteiger charge is -2.36. The molecule has 138 valence electrons. The number of aryl methyl sites for hydroxylation is 1. The Bertz CT molecular complexity index is 566. The van der Waals surface area contributed by atoms with Crippen LogP contribution in [0.1, 0.15) is 49.3 Å². The number of likely N-dealkylation sites (N-methyl/N-ethyl adjacent to an activating group) is 1. The summed E-state index contributed by atoms with van der Waals surface area (Å²) in [6, 6.07) is 8.89. The predicted octanol–water partition coefficient (Wildman–Crippen LogP) is 2.84. The molecule has 1 amide bonds. The molecule has 1 aromatic carbocycles. The molecule has 1 aromatic rings. The fourth-order valence-corrected chi connectivity index (χ4v) is 4.39.